The van der Waals surface area contributed by atoms with Crippen molar-refractivity contribution in [2.24, 2.45) is 17.8 Å². The third-order valence-corrected chi connectivity index (χ3v) is 10.3. The highest BCUT2D eigenvalue weighted by atomic mass is 16.5. The number of likely N-dealkylation sites (tertiary alicyclic amines) is 2. The molecule has 2 aliphatic heterocycles. The molecule has 0 aromatic heterocycles. The lowest BCUT2D eigenvalue weighted by Crippen LogP contribution is -2.39. The van der Waals surface area contributed by atoms with Gasteiger partial charge in [0.25, 0.3) is 0 Å². The molecule has 2 aliphatic carbocycles. The normalized spacial score (nSPS) is 19.2. The highest BCUT2D eigenvalue weighted by molar-refractivity contribution is 6.01. The number of hydrogen-bond acceptors (Lipinski definition) is 6. The molecule has 4 aliphatic rings. The van der Waals surface area contributed by atoms with Crippen LogP contribution in [0.4, 0.5) is 0 Å². The van der Waals surface area contributed by atoms with Crippen LogP contribution < -0.4 is 9.47 Å². The lowest BCUT2D eigenvalue weighted by Gasteiger charge is -2.32. The molecule has 0 bridgehead atoms. The molecule has 4 aromatic rings. The van der Waals surface area contributed by atoms with Crippen molar-refractivity contribution in [2.45, 2.75) is 71.6 Å². The number of ketones is 1. The van der Waals surface area contributed by atoms with Crippen molar-refractivity contribution in [1.82, 2.24) is 9.80 Å². The van der Waals surface area contributed by atoms with E-state index in [1.807, 2.05) is 80.6 Å². The quantitative estimate of drug-likeness (QED) is 0.130. The molecule has 4 aromatic carbocycles. The van der Waals surface area contributed by atoms with Gasteiger partial charge in [-0.25, -0.2) is 0 Å². The van der Waals surface area contributed by atoms with Gasteiger partial charge in [-0.1, -0.05) is 56.7 Å². The van der Waals surface area contributed by atoms with Crippen molar-refractivity contribution < 1.29 is 19.1 Å². The van der Waals surface area contributed by atoms with Gasteiger partial charge >= 0.3 is 0 Å². The summed E-state index contributed by atoms with van der Waals surface area (Å²) in [6.45, 7) is 11.5. The van der Waals surface area contributed by atoms with Crippen LogP contribution >= 0.6 is 0 Å². The number of aldehydes is 1. The van der Waals surface area contributed by atoms with Crippen LogP contribution in [-0.2, 0) is 0 Å². The molecule has 6 heteroatoms. The van der Waals surface area contributed by atoms with Crippen LogP contribution in [0.2, 0.25) is 0 Å². The van der Waals surface area contributed by atoms with Gasteiger partial charge in [-0.2, -0.15) is 0 Å². The molecular formula is C44H58N2O4. The van der Waals surface area contributed by atoms with E-state index >= 15 is 0 Å². The van der Waals surface area contributed by atoms with Crippen molar-refractivity contribution in [3.05, 3.63) is 83.9 Å². The number of hydrogen-bond donors (Lipinski definition) is 0. The number of rotatable bonds is 9. The molecule has 8 rings (SSSR count). The van der Waals surface area contributed by atoms with Gasteiger partial charge in [0.15, 0.2) is 5.78 Å². The highest BCUT2D eigenvalue weighted by Gasteiger charge is 2.30. The smallest absolute Gasteiger partial charge is 0.167 e. The molecule has 0 unspecified atom stereocenters. The van der Waals surface area contributed by atoms with Crippen molar-refractivity contribution in [2.75, 3.05) is 53.5 Å². The Labute approximate surface area is 300 Å². The van der Waals surface area contributed by atoms with E-state index < -0.39 is 0 Å². The summed E-state index contributed by atoms with van der Waals surface area (Å²) in [7, 11) is 3.32. The predicted octanol–water partition coefficient (Wildman–Crippen LogP) is 9.72. The monoisotopic (exact) mass is 678 g/mol. The van der Waals surface area contributed by atoms with Crippen LogP contribution in [0.5, 0.6) is 11.5 Å². The summed E-state index contributed by atoms with van der Waals surface area (Å²) >= 11 is 0. The fourth-order valence-corrected chi connectivity index (χ4v) is 7.09. The third-order valence-electron chi connectivity index (χ3n) is 10.3. The maximum atomic E-state index is 13.0. The summed E-state index contributed by atoms with van der Waals surface area (Å²) in [5, 5.41) is 4.35. The first kappa shape index (κ1) is 37.5. The van der Waals surface area contributed by atoms with Crippen LogP contribution in [0.1, 0.15) is 92.4 Å². The molecule has 4 fully saturated rings. The maximum absolute atomic E-state index is 13.0. The molecule has 268 valence electrons. The Bertz CT molecular complexity index is 1670. The Morgan fingerprint density at radius 3 is 1.74 bits per heavy atom. The second-order valence-electron chi connectivity index (χ2n) is 14.2. The van der Waals surface area contributed by atoms with Crippen molar-refractivity contribution in [1.29, 1.82) is 0 Å². The number of fused-ring (bicyclic) bond motifs is 2. The zero-order valence-corrected chi connectivity index (χ0v) is 30.9. The van der Waals surface area contributed by atoms with E-state index in [2.05, 4.69) is 9.80 Å². The Kier molecular flexibility index (Phi) is 14.3. The van der Waals surface area contributed by atoms with Gasteiger partial charge in [-0.05, 0) is 141 Å². The minimum absolute atomic E-state index is 0.160. The van der Waals surface area contributed by atoms with Gasteiger partial charge in [0.1, 0.15) is 17.8 Å². The molecule has 50 heavy (non-hydrogen) atoms. The largest absolute Gasteiger partial charge is 0.497 e. The van der Waals surface area contributed by atoms with Crippen LogP contribution in [0, 0.1) is 17.8 Å². The fraction of sp³-hybridized carbons (Fsp3) is 0.500. The predicted molar refractivity (Wildman–Crippen MR) is 207 cm³/mol. The number of nitrogens with zero attached hydrogens (tertiary/aromatic N) is 2. The van der Waals surface area contributed by atoms with Gasteiger partial charge in [-0.3, -0.25) is 9.59 Å². The van der Waals surface area contributed by atoms with Crippen LogP contribution in [0.3, 0.4) is 0 Å². The van der Waals surface area contributed by atoms with E-state index in [1.54, 1.807) is 20.3 Å². The molecular weight excluding hydrogens is 620 g/mol. The van der Waals surface area contributed by atoms with Crippen LogP contribution in [-0.4, -0.2) is 75.4 Å². The Balaban J connectivity index is 0.000000158. The van der Waals surface area contributed by atoms with E-state index in [0.717, 1.165) is 82.7 Å². The summed E-state index contributed by atoms with van der Waals surface area (Å²) in [5.74, 6) is 4.15. The van der Waals surface area contributed by atoms with Crippen molar-refractivity contribution >= 4 is 33.6 Å². The summed E-state index contributed by atoms with van der Waals surface area (Å²) in [5.41, 5.74) is 1.55. The molecule has 0 amide bonds. The van der Waals surface area contributed by atoms with Crippen molar-refractivity contribution in [3.8, 4) is 11.5 Å². The number of ether oxygens (including phenoxy) is 2. The number of carbonyl (C=O) groups excluding carboxylic acids is 2. The summed E-state index contributed by atoms with van der Waals surface area (Å²) in [6.07, 6.45) is 13.2. The molecule has 0 radical (unpaired) electrons. The van der Waals surface area contributed by atoms with Gasteiger partial charge in [-0.15, -0.1) is 0 Å². The SMILES string of the molecule is C1CCN(CC2CC2)CC1.CC.COc1ccc2cc(C(=O)[C@@H]3CCCN(CC4CC4)C3)ccc2c1.COc1ccc2cc(C=O)ccc2c1. The summed E-state index contributed by atoms with van der Waals surface area (Å²) in [6, 6.07) is 23.4. The number of piperidine rings is 2. The summed E-state index contributed by atoms with van der Waals surface area (Å²) < 4.78 is 10.4. The number of methoxy groups -OCH3 is 2. The molecule has 2 saturated heterocycles. The molecule has 0 N–H and O–H groups in total. The lowest BCUT2D eigenvalue weighted by molar-refractivity contribution is 0.0814. The van der Waals surface area contributed by atoms with E-state index in [1.165, 1.54) is 71.1 Å². The topological polar surface area (TPSA) is 59.1 Å². The second kappa shape index (κ2) is 19.0. The zero-order chi connectivity index (χ0) is 35.3. The summed E-state index contributed by atoms with van der Waals surface area (Å²) in [4.78, 5) is 28.7. The van der Waals surface area contributed by atoms with Crippen molar-refractivity contribution in [3.63, 3.8) is 0 Å². The molecule has 1 atom stereocenters. The first-order valence-electron chi connectivity index (χ1n) is 19.1. The van der Waals surface area contributed by atoms with Crippen LogP contribution in [0.15, 0.2) is 72.8 Å². The first-order valence-corrected chi connectivity index (χ1v) is 19.1. The van der Waals surface area contributed by atoms with Crippen LogP contribution in [0.25, 0.3) is 21.5 Å². The molecule has 6 nitrogen and oxygen atoms in total. The lowest BCUT2D eigenvalue weighted by atomic mass is 9.89. The second-order valence-corrected chi connectivity index (χ2v) is 14.2. The van der Waals surface area contributed by atoms with Gasteiger partial charge < -0.3 is 19.3 Å². The van der Waals surface area contributed by atoms with Gasteiger partial charge in [0.05, 0.1) is 14.2 Å². The van der Waals surface area contributed by atoms with E-state index in [9.17, 15) is 9.59 Å². The van der Waals surface area contributed by atoms with E-state index in [0.29, 0.717) is 11.3 Å². The molecule has 2 heterocycles. The minimum Gasteiger partial charge on any atom is -0.497 e. The van der Waals surface area contributed by atoms with Gasteiger partial charge in [0.2, 0.25) is 0 Å². The molecule has 0 spiro atoms. The van der Waals surface area contributed by atoms with Gasteiger partial charge in [0, 0.05) is 36.7 Å². The van der Waals surface area contributed by atoms with E-state index in [4.69, 9.17) is 9.47 Å². The van der Waals surface area contributed by atoms with E-state index in [-0.39, 0.29) is 5.92 Å². The number of carbonyl (C=O) groups is 2. The maximum Gasteiger partial charge on any atom is 0.167 e. The third kappa shape index (κ3) is 11.1. The Morgan fingerprint density at radius 1 is 0.640 bits per heavy atom. The molecule has 2 saturated carbocycles. The first-order chi connectivity index (χ1) is 24.5. The Morgan fingerprint density at radius 2 is 1.16 bits per heavy atom. The highest BCUT2D eigenvalue weighted by Crippen LogP contribution is 2.32. The average Bonchev–Trinajstić information content (AvgIpc) is 4.14. The number of Topliss-reactive ketones (excluding diaryl/α,β-unsaturated/α-hetero) is 1. The Hall–Kier alpha value is -3.74. The zero-order valence-electron chi connectivity index (χ0n) is 30.9. The number of benzene rings is 4. The minimum atomic E-state index is 0.160. The fourth-order valence-electron chi connectivity index (χ4n) is 7.09. The average molecular weight is 679 g/mol. The standard InChI is InChI=1S/C21H25NO2.C12H10O2.C9H17N.C2H6/c1-24-20-9-8-16-11-18(7-6-17(16)12-20)21(23)19-3-2-10-22(14-19)13-15-4-5-15;1-14-12-5-4-10-6-9(8-13)2-3-11(10)7-12;1-2-6-10(7-3-1)8-9-4-5-9;1-2/h6-9,11-12,15,19H,2-5,10,13-14H2,1H3;2-8H,1H3;9H,1-8H2;1-2H3/t19-;;;/m1.../s1.